The lowest BCUT2D eigenvalue weighted by Gasteiger charge is -2.26. The molecule has 0 aliphatic carbocycles. The fourth-order valence-electron chi connectivity index (χ4n) is 2.62. The molecule has 7 nitrogen and oxygen atoms in total. The van der Waals surface area contributed by atoms with E-state index in [0.29, 0.717) is 30.3 Å². The molecule has 0 radical (unpaired) electrons. The van der Waals surface area contributed by atoms with E-state index in [4.69, 9.17) is 16.3 Å². The molecule has 1 heterocycles. The van der Waals surface area contributed by atoms with Crippen LogP contribution in [-0.2, 0) is 19.4 Å². The van der Waals surface area contributed by atoms with Crippen molar-refractivity contribution in [2.24, 2.45) is 0 Å². The molecule has 1 aromatic rings. The molecule has 0 spiro atoms. The van der Waals surface area contributed by atoms with Crippen LogP contribution in [0.15, 0.2) is 36.0 Å². The molecule has 0 bridgehead atoms. The van der Waals surface area contributed by atoms with Crippen LogP contribution in [0.3, 0.4) is 0 Å². The van der Waals surface area contributed by atoms with Crippen molar-refractivity contribution in [3.05, 3.63) is 41.1 Å². The third kappa shape index (κ3) is 5.73. The second-order valence-electron chi connectivity index (χ2n) is 5.90. The minimum atomic E-state index is -3.09. The lowest BCUT2D eigenvalue weighted by atomic mass is 10.2. The first-order valence-corrected chi connectivity index (χ1v) is 10.2. The average molecular weight is 398 g/mol. The first-order chi connectivity index (χ1) is 12.3. The maximum absolute atomic E-state index is 12.4. The van der Waals surface area contributed by atoms with E-state index < -0.39 is 15.7 Å². The quantitative estimate of drug-likeness (QED) is 0.556. The van der Waals surface area contributed by atoms with Crippen LogP contribution in [-0.4, -0.2) is 57.0 Å². The van der Waals surface area contributed by atoms with E-state index in [2.05, 4.69) is 5.32 Å². The molecule has 0 saturated carbocycles. The Balaban J connectivity index is 2.16. The third-order valence-corrected chi connectivity index (χ3v) is 6.00. The normalized spacial score (nSPS) is 19.0. The van der Waals surface area contributed by atoms with Gasteiger partial charge < -0.3 is 15.0 Å². The number of nitrogens with zero attached hydrogens (tertiary/aromatic N) is 2. The second-order valence-corrected chi connectivity index (χ2v) is 8.57. The summed E-state index contributed by atoms with van der Waals surface area (Å²) in [6.45, 7) is 0.737. The summed E-state index contributed by atoms with van der Waals surface area (Å²) in [5.74, 6) is -0.462. The molecule has 1 aliphatic rings. The molecular formula is C17H20ClN3O4S. The van der Waals surface area contributed by atoms with Gasteiger partial charge in [-0.3, -0.25) is 4.79 Å². The van der Waals surface area contributed by atoms with E-state index in [-0.39, 0.29) is 23.1 Å². The topological polar surface area (TPSA) is 99.5 Å². The SMILES string of the molecule is COCCN(/C=C(/C#N)C(=O)Nc1ccc(Cl)cc1)C1CCS(=O)(=O)C1. The number of hydrogen-bond donors (Lipinski definition) is 1. The van der Waals surface area contributed by atoms with E-state index in [1.54, 1.807) is 29.2 Å². The molecule has 1 N–H and O–H groups in total. The lowest BCUT2D eigenvalue weighted by molar-refractivity contribution is -0.112. The van der Waals surface area contributed by atoms with Gasteiger partial charge in [-0.25, -0.2) is 8.42 Å². The van der Waals surface area contributed by atoms with Gasteiger partial charge in [0.25, 0.3) is 5.91 Å². The standard InChI is InChI=1S/C17H20ClN3O4S/c1-25-8-7-21(16-6-9-26(23,24)12-16)11-13(10-19)17(22)20-15-4-2-14(18)3-5-15/h2-5,11,16H,6-9,12H2,1H3,(H,20,22)/b13-11-. The van der Waals surface area contributed by atoms with Crippen molar-refractivity contribution in [2.75, 3.05) is 37.1 Å². The zero-order chi connectivity index (χ0) is 19.2. The highest BCUT2D eigenvalue weighted by Crippen LogP contribution is 2.19. The Kier molecular flexibility index (Phi) is 7.03. The van der Waals surface area contributed by atoms with Gasteiger partial charge in [0, 0.05) is 36.6 Å². The van der Waals surface area contributed by atoms with Gasteiger partial charge in [0.1, 0.15) is 11.6 Å². The largest absolute Gasteiger partial charge is 0.383 e. The first-order valence-electron chi connectivity index (χ1n) is 7.98. The van der Waals surface area contributed by atoms with E-state index >= 15 is 0 Å². The first kappa shape index (κ1) is 20.2. The van der Waals surface area contributed by atoms with E-state index in [9.17, 15) is 18.5 Å². The number of benzene rings is 1. The number of nitrogens with one attached hydrogen (secondary N) is 1. The van der Waals surface area contributed by atoms with Gasteiger partial charge in [-0.15, -0.1) is 0 Å². The molecule has 1 unspecified atom stereocenters. The predicted octanol–water partition coefficient (Wildman–Crippen LogP) is 1.82. The van der Waals surface area contributed by atoms with Crippen molar-refractivity contribution >= 4 is 33.0 Å². The summed E-state index contributed by atoms with van der Waals surface area (Å²) in [5.41, 5.74) is 0.396. The lowest BCUT2D eigenvalue weighted by Crippen LogP contribution is -2.35. The number of carbonyl (C=O) groups excluding carboxylic acids is 1. The van der Waals surface area contributed by atoms with Crippen molar-refractivity contribution in [3.63, 3.8) is 0 Å². The van der Waals surface area contributed by atoms with Crippen molar-refractivity contribution in [2.45, 2.75) is 12.5 Å². The van der Waals surface area contributed by atoms with Crippen LogP contribution < -0.4 is 5.32 Å². The Morgan fingerprint density at radius 3 is 2.69 bits per heavy atom. The molecule has 1 amide bonds. The highest BCUT2D eigenvalue weighted by molar-refractivity contribution is 7.91. The number of halogens is 1. The van der Waals surface area contributed by atoms with Gasteiger partial charge >= 0.3 is 0 Å². The highest BCUT2D eigenvalue weighted by Gasteiger charge is 2.31. The molecule has 0 aromatic heterocycles. The number of anilines is 1. The van der Waals surface area contributed by atoms with E-state index in [1.165, 1.54) is 13.3 Å². The van der Waals surface area contributed by atoms with Crippen LogP contribution in [0, 0.1) is 11.3 Å². The minimum absolute atomic E-state index is 0.00469. The zero-order valence-corrected chi connectivity index (χ0v) is 15.9. The Hall–Kier alpha value is -2.08. The van der Waals surface area contributed by atoms with E-state index in [0.717, 1.165) is 0 Å². The number of methoxy groups -OCH3 is 1. The van der Waals surface area contributed by atoms with Crippen LogP contribution >= 0.6 is 11.6 Å². The summed E-state index contributed by atoms with van der Waals surface area (Å²) in [4.78, 5) is 14.1. The number of carbonyl (C=O) groups is 1. The summed E-state index contributed by atoms with van der Waals surface area (Å²) in [5, 5.41) is 12.5. The minimum Gasteiger partial charge on any atom is -0.383 e. The van der Waals surface area contributed by atoms with Gasteiger partial charge in [0.2, 0.25) is 0 Å². The molecular weight excluding hydrogens is 378 g/mol. The van der Waals surface area contributed by atoms with Gasteiger partial charge in [-0.1, -0.05) is 11.6 Å². The van der Waals surface area contributed by atoms with E-state index in [1.807, 2.05) is 6.07 Å². The smallest absolute Gasteiger partial charge is 0.267 e. The van der Waals surface area contributed by atoms with Gasteiger partial charge in [-0.05, 0) is 30.7 Å². The number of hydrogen-bond acceptors (Lipinski definition) is 6. The second kappa shape index (κ2) is 9.03. The fourth-order valence-corrected chi connectivity index (χ4v) is 4.49. The molecule has 140 valence electrons. The highest BCUT2D eigenvalue weighted by atomic mass is 35.5. The van der Waals surface area contributed by atoms with Gasteiger partial charge in [0.05, 0.1) is 18.1 Å². The fraction of sp³-hybridized carbons (Fsp3) is 0.412. The number of ether oxygens (including phenoxy) is 1. The Morgan fingerprint density at radius 1 is 1.46 bits per heavy atom. The van der Waals surface area contributed by atoms with Gasteiger partial charge in [-0.2, -0.15) is 5.26 Å². The van der Waals surface area contributed by atoms with Crippen LogP contribution in [0.1, 0.15) is 6.42 Å². The molecule has 1 fully saturated rings. The Labute approximate surface area is 158 Å². The molecule has 1 saturated heterocycles. The Morgan fingerprint density at radius 2 is 2.15 bits per heavy atom. The molecule has 2 rings (SSSR count). The summed E-state index contributed by atoms with van der Waals surface area (Å²) in [6.07, 6.45) is 1.87. The molecule has 1 aromatic carbocycles. The van der Waals surface area contributed by atoms with Crippen molar-refractivity contribution in [1.29, 1.82) is 5.26 Å². The molecule has 9 heteroatoms. The summed E-state index contributed by atoms with van der Waals surface area (Å²) < 4.78 is 28.5. The van der Waals surface area contributed by atoms with Crippen LogP contribution in [0.25, 0.3) is 0 Å². The van der Waals surface area contributed by atoms with Crippen molar-refractivity contribution in [3.8, 4) is 6.07 Å². The summed E-state index contributed by atoms with van der Waals surface area (Å²) in [7, 11) is -1.56. The summed E-state index contributed by atoms with van der Waals surface area (Å²) in [6, 6.07) is 8.10. The molecule has 1 atom stereocenters. The summed E-state index contributed by atoms with van der Waals surface area (Å²) >= 11 is 5.81. The Bertz CT molecular complexity index is 815. The van der Waals surface area contributed by atoms with Crippen LogP contribution in [0.2, 0.25) is 5.02 Å². The monoisotopic (exact) mass is 397 g/mol. The molecule has 26 heavy (non-hydrogen) atoms. The predicted molar refractivity (Wildman–Crippen MR) is 99.4 cm³/mol. The van der Waals surface area contributed by atoms with Crippen LogP contribution in [0.4, 0.5) is 5.69 Å². The number of nitriles is 1. The van der Waals surface area contributed by atoms with Gasteiger partial charge in [0.15, 0.2) is 9.84 Å². The number of rotatable bonds is 7. The zero-order valence-electron chi connectivity index (χ0n) is 14.3. The maximum Gasteiger partial charge on any atom is 0.267 e. The van der Waals surface area contributed by atoms with Crippen molar-refractivity contribution in [1.82, 2.24) is 4.90 Å². The van der Waals surface area contributed by atoms with Crippen LogP contribution in [0.5, 0.6) is 0 Å². The number of sulfone groups is 1. The van der Waals surface area contributed by atoms with Crippen molar-refractivity contribution < 1.29 is 17.9 Å². The molecule has 1 aliphatic heterocycles. The third-order valence-electron chi connectivity index (χ3n) is 3.99. The average Bonchev–Trinajstić information content (AvgIpc) is 2.97. The maximum atomic E-state index is 12.4. The number of amides is 1.